The van der Waals surface area contributed by atoms with E-state index in [1.807, 2.05) is 42.5 Å². The molecule has 6 heteroatoms. The molecule has 2 atom stereocenters. The van der Waals surface area contributed by atoms with Crippen LogP contribution in [0.3, 0.4) is 0 Å². The van der Waals surface area contributed by atoms with Crippen molar-refractivity contribution < 1.29 is 13.2 Å². The highest BCUT2D eigenvalue weighted by Crippen LogP contribution is 2.23. The molecular weight excluding hydrogens is 348 g/mol. The highest BCUT2D eigenvalue weighted by molar-refractivity contribution is 7.88. The van der Waals surface area contributed by atoms with Crippen LogP contribution < -0.4 is 15.2 Å². The van der Waals surface area contributed by atoms with E-state index in [2.05, 4.69) is 4.72 Å². The Kier molecular flexibility index (Phi) is 6.29. The fourth-order valence-electron chi connectivity index (χ4n) is 3.28. The smallest absolute Gasteiger partial charge is 0.216 e. The molecule has 5 nitrogen and oxygen atoms in total. The molecule has 3 rings (SSSR count). The lowest BCUT2D eigenvalue weighted by molar-refractivity contribution is 0.303. The summed E-state index contributed by atoms with van der Waals surface area (Å²) in [5.41, 5.74) is 7.76. The third-order valence-electron chi connectivity index (χ3n) is 4.71. The Morgan fingerprint density at radius 1 is 1.00 bits per heavy atom. The average Bonchev–Trinajstić information content (AvgIpc) is 2.63. The summed E-state index contributed by atoms with van der Waals surface area (Å²) in [6.07, 6.45) is 3.74. The highest BCUT2D eigenvalue weighted by atomic mass is 32.2. The van der Waals surface area contributed by atoms with E-state index in [-0.39, 0.29) is 17.8 Å². The minimum absolute atomic E-state index is 0.108. The van der Waals surface area contributed by atoms with E-state index in [0.29, 0.717) is 17.9 Å². The number of ether oxygens (including phenoxy) is 1. The van der Waals surface area contributed by atoms with Crippen molar-refractivity contribution in [1.29, 1.82) is 0 Å². The molecule has 1 fully saturated rings. The zero-order valence-corrected chi connectivity index (χ0v) is 15.6. The molecule has 140 valence electrons. The van der Waals surface area contributed by atoms with E-state index in [1.165, 1.54) is 0 Å². The summed E-state index contributed by atoms with van der Waals surface area (Å²) in [5, 5.41) is 0. The molecule has 1 saturated carbocycles. The SMILES string of the molecule is NC1CCCCC1NS(=O)(=O)Cc1ccccc1OCc1ccccc1. The minimum Gasteiger partial charge on any atom is -0.489 e. The van der Waals surface area contributed by atoms with E-state index in [0.717, 1.165) is 31.2 Å². The van der Waals surface area contributed by atoms with Gasteiger partial charge >= 0.3 is 0 Å². The normalized spacial score (nSPS) is 20.7. The maximum atomic E-state index is 12.6. The van der Waals surface area contributed by atoms with Gasteiger partial charge in [-0.15, -0.1) is 0 Å². The van der Waals surface area contributed by atoms with Gasteiger partial charge in [0.2, 0.25) is 10.0 Å². The van der Waals surface area contributed by atoms with Gasteiger partial charge in [0.15, 0.2) is 0 Å². The van der Waals surface area contributed by atoms with Crippen molar-refractivity contribution in [1.82, 2.24) is 4.72 Å². The number of rotatable bonds is 7. The van der Waals surface area contributed by atoms with E-state index in [4.69, 9.17) is 10.5 Å². The molecule has 0 amide bonds. The fraction of sp³-hybridized carbons (Fsp3) is 0.400. The molecule has 2 aromatic carbocycles. The van der Waals surface area contributed by atoms with Crippen molar-refractivity contribution in [3.05, 3.63) is 65.7 Å². The summed E-state index contributed by atoms with van der Waals surface area (Å²) < 4.78 is 33.9. The van der Waals surface area contributed by atoms with Gasteiger partial charge in [0.1, 0.15) is 12.4 Å². The van der Waals surface area contributed by atoms with Crippen molar-refractivity contribution in [2.24, 2.45) is 5.73 Å². The molecule has 1 aliphatic rings. The second kappa shape index (κ2) is 8.66. The summed E-state index contributed by atoms with van der Waals surface area (Å²) in [4.78, 5) is 0. The second-order valence-electron chi connectivity index (χ2n) is 6.81. The Hall–Kier alpha value is -1.89. The summed E-state index contributed by atoms with van der Waals surface area (Å²) in [7, 11) is -3.48. The van der Waals surface area contributed by atoms with Crippen LogP contribution in [0.25, 0.3) is 0 Å². The summed E-state index contributed by atoms with van der Waals surface area (Å²) in [5.74, 6) is 0.482. The third-order valence-corrected chi connectivity index (χ3v) is 6.06. The van der Waals surface area contributed by atoms with Gasteiger partial charge < -0.3 is 10.5 Å². The van der Waals surface area contributed by atoms with Gasteiger partial charge in [-0.1, -0.05) is 61.4 Å². The number of sulfonamides is 1. The number of benzene rings is 2. The molecule has 0 radical (unpaired) electrons. The zero-order chi connectivity index (χ0) is 18.4. The summed E-state index contributed by atoms with van der Waals surface area (Å²) in [6, 6.07) is 16.8. The van der Waals surface area contributed by atoms with Crippen LogP contribution in [-0.4, -0.2) is 20.5 Å². The first kappa shape index (κ1) is 18.9. The quantitative estimate of drug-likeness (QED) is 0.781. The average molecular weight is 375 g/mol. The Bertz CT molecular complexity index is 809. The standard InChI is InChI=1S/C20H26N2O3S/c21-18-11-5-6-12-19(18)22-26(23,24)15-17-10-4-7-13-20(17)25-14-16-8-2-1-3-9-16/h1-4,7-10,13,18-19,22H,5-6,11-12,14-15,21H2. The van der Waals surface area contributed by atoms with E-state index in [1.54, 1.807) is 12.1 Å². The second-order valence-corrected chi connectivity index (χ2v) is 8.57. The summed E-state index contributed by atoms with van der Waals surface area (Å²) >= 11 is 0. The predicted molar refractivity (Wildman–Crippen MR) is 103 cm³/mol. The van der Waals surface area contributed by atoms with Crippen molar-refractivity contribution in [2.45, 2.75) is 50.1 Å². The van der Waals surface area contributed by atoms with E-state index >= 15 is 0 Å². The molecule has 0 aromatic heterocycles. The summed E-state index contributed by atoms with van der Waals surface area (Å²) in [6.45, 7) is 0.402. The lowest BCUT2D eigenvalue weighted by atomic mass is 9.92. The molecule has 3 N–H and O–H groups in total. The van der Waals surface area contributed by atoms with Gasteiger partial charge in [0.25, 0.3) is 0 Å². The van der Waals surface area contributed by atoms with Gasteiger partial charge in [-0.05, 0) is 24.5 Å². The van der Waals surface area contributed by atoms with Crippen LogP contribution in [0, 0.1) is 0 Å². The fourth-order valence-corrected chi connectivity index (χ4v) is 4.77. The Morgan fingerprint density at radius 3 is 2.46 bits per heavy atom. The molecule has 0 spiro atoms. The van der Waals surface area contributed by atoms with Gasteiger partial charge in [0.05, 0.1) is 5.75 Å². The monoisotopic (exact) mass is 374 g/mol. The molecule has 0 saturated heterocycles. The first-order valence-electron chi connectivity index (χ1n) is 9.04. The van der Waals surface area contributed by atoms with Crippen LogP contribution in [0.5, 0.6) is 5.75 Å². The first-order valence-corrected chi connectivity index (χ1v) is 10.7. The molecule has 0 bridgehead atoms. The van der Waals surface area contributed by atoms with Crippen molar-refractivity contribution >= 4 is 10.0 Å². The van der Waals surface area contributed by atoms with Crippen molar-refractivity contribution in [3.8, 4) is 5.75 Å². The van der Waals surface area contributed by atoms with E-state index in [9.17, 15) is 8.42 Å². The van der Waals surface area contributed by atoms with Gasteiger partial charge in [-0.2, -0.15) is 0 Å². The number of nitrogens with one attached hydrogen (secondary N) is 1. The Balaban J connectivity index is 1.67. The topological polar surface area (TPSA) is 81.4 Å². The van der Waals surface area contributed by atoms with Crippen LogP contribution in [0.1, 0.15) is 36.8 Å². The largest absolute Gasteiger partial charge is 0.489 e. The molecule has 26 heavy (non-hydrogen) atoms. The van der Waals surface area contributed by atoms with Crippen molar-refractivity contribution in [2.75, 3.05) is 0 Å². The minimum atomic E-state index is -3.48. The molecular formula is C20H26N2O3S. The molecule has 1 aliphatic carbocycles. The molecule has 2 unspecified atom stereocenters. The van der Waals surface area contributed by atoms with Crippen LogP contribution >= 0.6 is 0 Å². The number of para-hydroxylation sites is 1. The molecule has 2 aromatic rings. The predicted octanol–water partition coefficient (Wildman–Crippen LogP) is 2.95. The van der Waals surface area contributed by atoms with Crippen molar-refractivity contribution in [3.63, 3.8) is 0 Å². The maximum absolute atomic E-state index is 12.6. The van der Waals surface area contributed by atoms with E-state index < -0.39 is 10.0 Å². The molecule has 0 heterocycles. The number of hydrogen-bond acceptors (Lipinski definition) is 4. The molecule has 0 aliphatic heterocycles. The first-order chi connectivity index (χ1) is 12.5. The van der Waals surface area contributed by atoms with Gasteiger partial charge in [-0.3, -0.25) is 0 Å². The number of hydrogen-bond donors (Lipinski definition) is 2. The van der Waals surface area contributed by atoms with Crippen LogP contribution in [0.4, 0.5) is 0 Å². The lowest BCUT2D eigenvalue weighted by Crippen LogP contribution is -2.49. The lowest BCUT2D eigenvalue weighted by Gasteiger charge is -2.29. The van der Waals surface area contributed by atoms with Crippen LogP contribution in [0.2, 0.25) is 0 Å². The Labute approximate surface area is 155 Å². The van der Waals surface area contributed by atoms with Crippen LogP contribution in [-0.2, 0) is 22.4 Å². The highest BCUT2D eigenvalue weighted by Gasteiger charge is 2.26. The zero-order valence-electron chi connectivity index (χ0n) is 14.8. The van der Waals surface area contributed by atoms with Gasteiger partial charge in [0, 0.05) is 17.6 Å². The third kappa shape index (κ3) is 5.30. The Morgan fingerprint density at radius 2 is 1.69 bits per heavy atom. The van der Waals surface area contributed by atoms with Crippen LogP contribution in [0.15, 0.2) is 54.6 Å². The van der Waals surface area contributed by atoms with Gasteiger partial charge in [-0.25, -0.2) is 13.1 Å². The maximum Gasteiger partial charge on any atom is 0.216 e. The number of nitrogens with two attached hydrogens (primary N) is 1.